The molecule has 0 unspecified atom stereocenters. The van der Waals surface area contributed by atoms with Gasteiger partial charge in [0.25, 0.3) is 0 Å². The Morgan fingerprint density at radius 1 is 1.19 bits per heavy atom. The molecule has 0 bridgehead atoms. The van der Waals surface area contributed by atoms with Gasteiger partial charge in [0.15, 0.2) is 0 Å². The number of nitrogens with zero attached hydrogens (tertiary/aromatic N) is 4. The van der Waals surface area contributed by atoms with E-state index in [9.17, 15) is 4.79 Å². The number of thioether (sulfide) groups is 1. The van der Waals surface area contributed by atoms with Gasteiger partial charge in [-0.2, -0.15) is 4.68 Å². The van der Waals surface area contributed by atoms with E-state index >= 15 is 0 Å². The van der Waals surface area contributed by atoms with Crippen LogP contribution in [0.4, 0.5) is 0 Å². The lowest BCUT2D eigenvalue weighted by molar-refractivity contribution is -0.119. The van der Waals surface area contributed by atoms with Gasteiger partial charge in [0.1, 0.15) is 0 Å². The number of hydrogen-bond acceptors (Lipinski definition) is 5. The zero-order valence-electron chi connectivity index (χ0n) is 13.8. The van der Waals surface area contributed by atoms with Gasteiger partial charge in [-0.1, -0.05) is 53.2 Å². The van der Waals surface area contributed by atoms with Crippen molar-refractivity contribution in [3.05, 3.63) is 64.1 Å². The molecule has 0 fully saturated rings. The zero-order valence-corrected chi connectivity index (χ0v) is 16.1. The van der Waals surface area contributed by atoms with Crippen molar-refractivity contribution in [3.8, 4) is 5.69 Å². The van der Waals surface area contributed by atoms with E-state index < -0.39 is 0 Å². The first kappa shape index (κ1) is 18.7. The Morgan fingerprint density at radius 2 is 1.96 bits per heavy atom. The zero-order chi connectivity index (χ0) is 18.5. The molecular formula is C17H15Cl2N5OS. The summed E-state index contributed by atoms with van der Waals surface area (Å²) in [5, 5.41) is 16.3. The summed E-state index contributed by atoms with van der Waals surface area (Å²) >= 11 is 13.1. The van der Waals surface area contributed by atoms with Crippen molar-refractivity contribution in [3.63, 3.8) is 0 Å². The van der Waals surface area contributed by atoms with Crippen LogP contribution in [0.25, 0.3) is 5.69 Å². The highest BCUT2D eigenvalue weighted by atomic mass is 35.5. The number of halogens is 2. The number of rotatable bonds is 6. The van der Waals surface area contributed by atoms with E-state index in [-0.39, 0.29) is 17.7 Å². The monoisotopic (exact) mass is 407 g/mol. The Morgan fingerprint density at radius 3 is 2.69 bits per heavy atom. The van der Waals surface area contributed by atoms with Gasteiger partial charge < -0.3 is 5.32 Å². The molecule has 0 aliphatic carbocycles. The normalized spacial score (nSPS) is 12.0. The standard InChI is InChI=1S/C17H15Cl2N5OS/c1-11(12-5-7-13(18)8-6-12)20-16(25)10-26-17-21-22-23-24(17)15-4-2-3-14(19)9-15/h2-9,11H,10H2,1H3,(H,20,25)/t11-/m1/s1. The maximum Gasteiger partial charge on any atom is 0.230 e. The highest BCUT2D eigenvalue weighted by Crippen LogP contribution is 2.21. The molecule has 0 spiro atoms. The molecule has 1 aromatic heterocycles. The number of benzene rings is 2. The smallest absolute Gasteiger partial charge is 0.230 e. The summed E-state index contributed by atoms with van der Waals surface area (Å²) in [5.74, 6) is 0.0804. The van der Waals surface area contributed by atoms with Crippen molar-refractivity contribution >= 4 is 40.9 Å². The summed E-state index contributed by atoms with van der Waals surface area (Å²) in [7, 11) is 0. The molecule has 1 N–H and O–H groups in total. The van der Waals surface area contributed by atoms with Gasteiger partial charge in [0.05, 0.1) is 17.5 Å². The molecule has 0 aliphatic rings. The third-order valence-corrected chi connectivity index (χ3v) is 4.98. The Balaban J connectivity index is 1.60. The highest BCUT2D eigenvalue weighted by molar-refractivity contribution is 7.99. The van der Waals surface area contributed by atoms with Crippen molar-refractivity contribution in [2.75, 3.05) is 5.75 Å². The average Bonchev–Trinajstić information content (AvgIpc) is 3.09. The number of tetrazole rings is 1. The van der Waals surface area contributed by atoms with Crippen LogP contribution in [-0.4, -0.2) is 31.9 Å². The van der Waals surface area contributed by atoms with E-state index in [2.05, 4.69) is 20.8 Å². The molecule has 134 valence electrons. The molecular weight excluding hydrogens is 393 g/mol. The van der Waals surface area contributed by atoms with Crippen LogP contribution in [0.3, 0.4) is 0 Å². The molecule has 1 atom stereocenters. The molecule has 0 saturated heterocycles. The van der Waals surface area contributed by atoms with E-state index in [0.29, 0.717) is 15.2 Å². The molecule has 9 heteroatoms. The van der Waals surface area contributed by atoms with E-state index in [1.165, 1.54) is 11.8 Å². The van der Waals surface area contributed by atoms with Gasteiger partial charge in [0, 0.05) is 10.0 Å². The molecule has 3 aromatic rings. The molecule has 1 heterocycles. The van der Waals surface area contributed by atoms with Crippen molar-refractivity contribution in [2.45, 2.75) is 18.1 Å². The van der Waals surface area contributed by atoms with Crippen LogP contribution in [0, 0.1) is 0 Å². The number of aromatic nitrogens is 4. The third-order valence-electron chi connectivity index (χ3n) is 3.57. The summed E-state index contributed by atoms with van der Waals surface area (Å²) in [6, 6.07) is 14.4. The first-order chi connectivity index (χ1) is 12.5. The lowest BCUT2D eigenvalue weighted by Gasteiger charge is -2.14. The van der Waals surface area contributed by atoms with Crippen molar-refractivity contribution in [2.24, 2.45) is 0 Å². The molecule has 0 radical (unpaired) electrons. The van der Waals surface area contributed by atoms with Crippen LogP contribution in [0.5, 0.6) is 0 Å². The quantitative estimate of drug-likeness (QED) is 0.626. The van der Waals surface area contributed by atoms with Crippen LogP contribution < -0.4 is 5.32 Å². The number of hydrogen-bond donors (Lipinski definition) is 1. The van der Waals surface area contributed by atoms with E-state index in [1.54, 1.807) is 28.9 Å². The van der Waals surface area contributed by atoms with E-state index in [0.717, 1.165) is 11.3 Å². The Hall–Kier alpha value is -2.09. The minimum Gasteiger partial charge on any atom is -0.349 e. The van der Waals surface area contributed by atoms with Gasteiger partial charge in [-0.05, 0) is 53.2 Å². The predicted molar refractivity (Wildman–Crippen MR) is 103 cm³/mol. The average molecular weight is 408 g/mol. The second-order valence-corrected chi connectivity index (χ2v) is 7.30. The lowest BCUT2D eigenvalue weighted by Crippen LogP contribution is -2.28. The Bertz CT molecular complexity index is 900. The van der Waals surface area contributed by atoms with Gasteiger partial charge in [-0.25, -0.2) is 0 Å². The lowest BCUT2D eigenvalue weighted by atomic mass is 10.1. The second kappa shape index (κ2) is 8.53. The predicted octanol–water partition coefficient (Wildman–Crippen LogP) is 3.94. The molecule has 1 amide bonds. The second-order valence-electron chi connectivity index (χ2n) is 5.48. The topological polar surface area (TPSA) is 72.7 Å². The Kier molecular flexibility index (Phi) is 6.13. The first-order valence-electron chi connectivity index (χ1n) is 7.75. The summed E-state index contributed by atoms with van der Waals surface area (Å²) in [6.07, 6.45) is 0. The molecule has 6 nitrogen and oxygen atoms in total. The highest BCUT2D eigenvalue weighted by Gasteiger charge is 2.14. The molecule has 0 aliphatic heterocycles. The third kappa shape index (κ3) is 4.75. The van der Waals surface area contributed by atoms with E-state index in [4.69, 9.17) is 23.2 Å². The maximum atomic E-state index is 12.2. The maximum absolute atomic E-state index is 12.2. The van der Waals surface area contributed by atoms with Gasteiger partial charge in [-0.15, -0.1) is 5.10 Å². The molecule has 26 heavy (non-hydrogen) atoms. The van der Waals surface area contributed by atoms with Crippen LogP contribution >= 0.6 is 35.0 Å². The minimum atomic E-state index is -0.121. The van der Waals surface area contributed by atoms with Crippen molar-refractivity contribution in [1.29, 1.82) is 0 Å². The fourth-order valence-corrected chi connectivity index (χ4v) is 3.30. The van der Waals surface area contributed by atoms with Crippen molar-refractivity contribution < 1.29 is 4.79 Å². The van der Waals surface area contributed by atoms with Crippen LogP contribution in [0.2, 0.25) is 10.0 Å². The van der Waals surface area contributed by atoms with Crippen LogP contribution in [0.15, 0.2) is 53.7 Å². The number of carbonyl (C=O) groups is 1. The van der Waals surface area contributed by atoms with Gasteiger partial charge >= 0.3 is 0 Å². The SMILES string of the molecule is C[C@@H](NC(=O)CSc1nnnn1-c1cccc(Cl)c1)c1ccc(Cl)cc1. The molecule has 0 saturated carbocycles. The molecule has 2 aromatic carbocycles. The fourth-order valence-electron chi connectivity index (χ4n) is 2.29. The summed E-state index contributed by atoms with van der Waals surface area (Å²) in [5.41, 5.74) is 1.72. The molecule has 3 rings (SSSR count). The fraction of sp³-hybridized carbons (Fsp3) is 0.176. The van der Waals surface area contributed by atoms with E-state index in [1.807, 2.05) is 31.2 Å². The first-order valence-corrected chi connectivity index (χ1v) is 9.49. The Labute approximate surface area is 164 Å². The largest absolute Gasteiger partial charge is 0.349 e. The van der Waals surface area contributed by atoms with Gasteiger partial charge in [-0.3, -0.25) is 4.79 Å². The number of nitrogens with one attached hydrogen (secondary N) is 1. The minimum absolute atomic E-state index is 0.113. The summed E-state index contributed by atoms with van der Waals surface area (Å²) in [6.45, 7) is 1.92. The van der Waals surface area contributed by atoms with Crippen LogP contribution in [0.1, 0.15) is 18.5 Å². The summed E-state index contributed by atoms with van der Waals surface area (Å²) in [4.78, 5) is 12.2. The van der Waals surface area contributed by atoms with Crippen LogP contribution in [-0.2, 0) is 4.79 Å². The number of amides is 1. The van der Waals surface area contributed by atoms with Crippen molar-refractivity contribution in [1.82, 2.24) is 25.5 Å². The van der Waals surface area contributed by atoms with Gasteiger partial charge in [0.2, 0.25) is 11.1 Å². The summed E-state index contributed by atoms with van der Waals surface area (Å²) < 4.78 is 1.55. The number of carbonyl (C=O) groups excluding carboxylic acids is 1.